The summed E-state index contributed by atoms with van der Waals surface area (Å²) in [6.45, 7) is 2.80. The van der Waals surface area contributed by atoms with E-state index in [9.17, 15) is 4.39 Å². The molecular formula is C15H19ClFN3O. The Labute approximate surface area is 129 Å². The lowest BCUT2D eigenvalue weighted by molar-refractivity contribution is 0.304. The van der Waals surface area contributed by atoms with Crippen molar-refractivity contribution in [3.05, 3.63) is 47.4 Å². The van der Waals surface area contributed by atoms with E-state index in [1.165, 1.54) is 25.0 Å². The first-order chi connectivity index (χ1) is 9.74. The van der Waals surface area contributed by atoms with E-state index >= 15 is 0 Å². The summed E-state index contributed by atoms with van der Waals surface area (Å²) in [4.78, 5) is 4.37. The number of benzene rings is 1. The van der Waals surface area contributed by atoms with Crippen LogP contribution < -0.4 is 5.32 Å². The van der Waals surface area contributed by atoms with Gasteiger partial charge >= 0.3 is 0 Å². The second-order valence-electron chi connectivity index (χ2n) is 5.27. The van der Waals surface area contributed by atoms with Crippen molar-refractivity contribution in [3.8, 4) is 0 Å². The second-order valence-corrected chi connectivity index (χ2v) is 5.27. The van der Waals surface area contributed by atoms with Crippen molar-refractivity contribution in [3.63, 3.8) is 0 Å². The number of rotatable bonds is 3. The molecule has 114 valence electrons. The Morgan fingerprint density at radius 1 is 1.29 bits per heavy atom. The molecule has 6 heteroatoms. The van der Waals surface area contributed by atoms with Gasteiger partial charge in [0.05, 0.1) is 5.92 Å². The molecule has 0 amide bonds. The summed E-state index contributed by atoms with van der Waals surface area (Å²) in [5.41, 5.74) is 1.01. The fraction of sp³-hybridized carbons (Fsp3) is 0.467. The van der Waals surface area contributed by atoms with E-state index < -0.39 is 0 Å². The zero-order valence-corrected chi connectivity index (χ0v) is 12.7. The number of piperidine rings is 1. The van der Waals surface area contributed by atoms with Crippen molar-refractivity contribution in [2.24, 2.45) is 0 Å². The molecule has 2 heterocycles. The lowest BCUT2D eigenvalue weighted by Crippen LogP contribution is -2.39. The number of aromatic nitrogens is 2. The quantitative estimate of drug-likeness (QED) is 0.945. The van der Waals surface area contributed by atoms with Gasteiger partial charge in [-0.1, -0.05) is 23.7 Å². The molecule has 0 bridgehead atoms. The van der Waals surface area contributed by atoms with Gasteiger partial charge in [-0.15, -0.1) is 12.4 Å². The van der Waals surface area contributed by atoms with Gasteiger partial charge in [-0.05, 0) is 44.0 Å². The van der Waals surface area contributed by atoms with Crippen molar-refractivity contribution in [2.45, 2.75) is 38.1 Å². The standard InChI is InChI=1S/C15H18FN3O.ClH/c1-10-18-15(20-19-10)14(13-4-2-3-9-17-13)11-5-7-12(16)8-6-11;/h5-8,13-14,17H,2-4,9H2,1H3;1H. The van der Waals surface area contributed by atoms with Crippen LogP contribution in [0.25, 0.3) is 0 Å². The lowest BCUT2D eigenvalue weighted by Gasteiger charge is -2.29. The third-order valence-electron chi connectivity index (χ3n) is 3.79. The molecule has 2 unspecified atom stereocenters. The molecule has 1 N–H and O–H groups in total. The van der Waals surface area contributed by atoms with Gasteiger partial charge in [-0.2, -0.15) is 4.98 Å². The Kier molecular flexibility index (Phi) is 5.31. The lowest BCUT2D eigenvalue weighted by atomic mass is 9.86. The van der Waals surface area contributed by atoms with Crippen molar-refractivity contribution >= 4 is 12.4 Å². The Hall–Kier alpha value is -1.46. The monoisotopic (exact) mass is 311 g/mol. The predicted molar refractivity (Wildman–Crippen MR) is 80.2 cm³/mol. The van der Waals surface area contributed by atoms with Gasteiger partial charge < -0.3 is 9.84 Å². The maximum atomic E-state index is 13.1. The van der Waals surface area contributed by atoms with Crippen LogP contribution in [0, 0.1) is 12.7 Å². The molecule has 3 rings (SSSR count). The number of nitrogens with zero attached hydrogens (tertiary/aromatic N) is 2. The SMILES string of the molecule is Cc1noc(C(c2ccc(F)cc2)C2CCCCN2)n1.Cl. The predicted octanol–water partition coefficient (Wildman–Crippen LogP) is 3.21. The molecule has 0 radical (unpaired) electrons. The van der Waals surface area contributed by atoms with Crippen LogP contribution in [0.2, 0.25) is 0 Å². The zero-order valence-electron chi connectivity index (χ0n) is 11.9. The van der Waals surface area contributed by atoms with Crippen molar-refractivity contribution in [2.75, 3.05) is 6.54 Å². The molecule has 1 aromatic heterocycles. The van der Waals surface area contributed by atoms with Crippen LogP contribution >= 0.6 is 12.4 Å². The number of nitrogens with one attached hydrogen (secondary N) is 1. The van der Waals surface area contributed by atoms with Gasteiger partial charge in [0.1, 0.15) is 5.82 Å². The largest absolute Gasteiger partial charge is 0.339 e. The Bertz CT molecular complexity index is 567. The fourth-order valence-electron chi connectivity index (χ4n) is 2.82. The molecule has 1 aliphatic heterocycles. The minimum absolute atomic E-state index is 0. The van der Waals surface area contributed by atoms with E-state index in [0.29, 0.717) is 11.7 Å². The van der Waals surface area contributed by atoms with Gasteiger partial charge in [0.2, 0.25) is 5.89 Å². The van der Waals surface area contributed by atoms with Crippen LogP contribution in [0.1, 0.15) is 42.5 Å². The molecule has 0 aliphatic carbocycles. The summed E-state index contributed by atoms with van der Waals surface area (Å²) in [5.74, 6) is 0.986. The normalized spacial score (nSPS) is 19.8. The molecule has 2 aromatic rings. The van der Waals surface area contributed by atoms with E-state index in [2.05, 4.69) is 15.5 Å². The first-order valence-corrected chi connectivity index (χ1v) is 7.03. The third kappa shape index (κ3) is 3.60. The summed E-state index contributed by atoms with van der Waals surface area (Å²) in [5, 5.41) is 7.41. The van der Waals surface area contributed by atoms with Crippen molar-refractivity contribution in [1.29, 1.82) is 0 Å². The average molecular weight is 312 g/mol. The molecule has 0 saturated carbocycles. The Morgan fingerprint density at radius 3 is 2.62 bits per heavy atom. The van der Waals surface area contributed by atoms with Crippen LogP contribution in [0.3, 0.4) is 0 Å². The van der Waals surface area contributed by atoms with Crippen LogP contribution in [0.15, 0.2) is 28.8 Å². The molecule has 0 spiro atoms. The van der Waals surface area contributed by atoms with E-state index in [1.54, 1.807) is 12.1 Å². The van der Waals surface area contributed by atoms with Gasteiger partial charge in [0, 0.05) is 6.04 Å². The summed E-state index contributed by atoms with van der Waals surface area (Å²) in [7, 11) is 0. The van der Waals surface area contributed by atoms with Gasteiger partial charge in [0.25, 0.3) is 0 Å². The highest BCUT2D eigenvalue weighted by Gasteiger charge is 2.30. The van der Waals surface area contributed by atoms with E-state index in [-0.39, 0.29) is 30.2 Å². The molecule has 4 nitrogen and oxygen atoms in total. The minimum Gasteiger partial charge on any atom is -0.339 e. The van der Waals surface area contributed by atoms with Gasteiger partial charge in [-0.25, -0.2) is 4.39 Å². The first-order valence-electron chi connectivity index (χ1n) is 7.03. The molecule has 1 saturated heterocycles. The maximum Gasteiger partial charge on any atom is 0.235 e. The molecule has 21 heavy (non-hydrogen) atoms. The van der Waals surface area contributed by atoms with Gasteiger partial charge in [0.15, 0.2) is 5.82 Å². The third-order valence-corrected chi connectivity index (χ3v) is 3.79. The summed E-state index contributed by atoms with van der Waals surface area (Å²) < 4.78 is 18.5. The topological polar surface area (TPSA) is 51.0 Å². The number of aryl methyl sites for hydroxylation is 1. The molecule has 1 aliphatic rings. The fourth-order valence-corrected chi connectivity index (χ4v) is 2.82. The highest BCUT2D eigenvalue weighted by Crippen LogP contribution is 2.31. The van der Waals surface area contributed by atoms with E-state index in [1.807, 2.05) is 6.92 Å². The Morgan fingerprint density at radius 2 is 2.05 bits per heavy atom. The molecule has 1 fully saturated rings. The summed E-state index contributed by atoms with van der Waals surface area (Å²) >= 11 is 0. The van der Waals surface area contributed by atoms with Crippen molar-refractivity contribution in [1.82, 2.24) is 15.5 Å². The average Bonchev–Trinajstić information content (AvgIpc) is 2.89. The van der Waals surface area contributed by atoms with Crippen LogP contribution in [-0.2, 0) is 0 Å². The van der Waals surface area contributed by atoms with E-state index in [0.717, 1.165) is 18.5 Å². The number of halogens is 2. The smallest absolute Gasteiger partial charge is 0.235 e. The summed E-state index contributed by atoms with van der Waals surface area (Å²) in [6, 6.07) is 6.82. The van der Waals surface area contributed by atoms with Crippen molar-refractivity contribution < 1.29 is 8.91 Å². The maximum absolute atomic E-state index is 13.1. The number of hydrogen-bond donors (Lipinski definition) is 1. The van der Waals surface area contributed by atoms with Crippen LogP contribution in [0.5, 0.6) is 0 Å². The highest BCUT2D eigenvalue weighted by atomic mass is 35.5. The van der Waals surface area contributed by atoms with E-state index in [4.69, 9.17) is 4.52 Å². The van der Waals surface area contributed by atoms with Gasteiger partial charge in [-0.3, -0.25) is 0 Å². The number of hydrogen-bond acceptors (Lipinski definition) is 4. The molecule has 2 atom stereocenters. The molecule has 1 aromatic carbocycles. The van der Waals surface area contributed by atoms with Crippen LogP contribution in [0.4, 0.5) is 4.39 Å². The first kappa shape index (κ1) is 15.9. The highest BCUT2D eigenvalue weighted by molar-refractivity contribution is 5.85. The molecular weight excluding hydrogens is 293 g/mol. The zero-order chi connectivity index (χ0) is 13.9. The minimum atomic E-state index is -0.231. The van der Waals surface area contributed by atoms with Crippen LogP contribution in [-0.4, -0.2) is 22.7 Å². The Balaban J connectivity index is 0.00000161. The summed E-state index contributed by atoms with van der Waals surface area (Å²) in [6.07, 6.45) is 3.43. The second kappa shape index (κ2) is 7.00.